The van der Waals surface area contributed by atoms with E-state index in [1.54, 1.807) is 29.2 Å². The summed E-state index contributed by atoms with van der Waals surface area (Å²) < 4.78 is 0. The largest absolute Gasteiger partial charge is 0.481 e. The van der Waals surface area contributed by atoms with Crippen molar-refractivity contribution >= 4 is 23.6 Å². The number of hydrogen-bond acceptors (Lipinski definition) is 3. The number of carbonyl (C=O) groups excluding carboxylic acids is 2. The zero-order valence-corrected chi connectivity index (χ0v) is 11.4. The van der Waals surface area contributed by atoms with Crippen molar-refractivity contribution in [1.82, 2.24) is 4.90 Å². The molecule has 4 N–H and O–H groups in total. The van der Waals surface area contributed by atoms with Gasteiger partial charge in [0, 0.05) is 24.3 Å². The third kappa shape index (κ3) is 3.71. The summed E-state index contributed by atoms with van der Waals surface area (Å²) in [5, 5.41) is 11.4. The number of piperidine rings is 1. The van der Waals surface area contributed by atoms with Crippen LogP contribution in [0.2, 0.25) is 0 Å². The fourth-order valence-corrected chi connectivity index (χ4v) is 2.38. The first-order chi connectivity index (χ1) is 9.97. The molecule has 1 heterocycles. The number of carbonyl (C=O) groups is 3. The predicted molar refractivity (Wildman–Crippen MR) is 75.9 cm³/mol. The van der Waals surface area contributed by atoms with Crippen molar-refractivity contribution in [2.75, 3.05) is 18.4 Å². The Balaban J connectivity index is 2.05. The monoisotopic (exact) mass is 291 g/mol. The van der Waals surface area contributed by atoms with Gasteiger partial charge < -0.3 is 21.1 Å². The third-order valence-corrected chi connectivity index (χ3v) is 3.46. The van der Waals surface area contributed by atoms with Gasteiger partial charge in [0.05, 0.1) is 5.92 Å². The van der Waals surface area contributed by atoms with Gasteiger partial charge in [0.1, 0.15) is 0 Å². The third-order valence-electron chi connectivity index (χ3n) is 3.46. The number of nitrogens with two attached hydrogens (primary N) is 1. The smallest absolute Gasteiger partial charge is 0.316 e. The van der Waals surface area contributed by atoms with Gasteiger partial charge in [-0.2, -0.15) is 0 Å². The van der Waals surface area contributed by atoms with Crippen LogP contribution in [0.5, 0.6) is 0 Å². The van der Waals surface area contributed by atoms with Crippen LogP contribution in [0.1, 0.15) is 23.2 Å². The van der Waals surface area contributed by atoms with Gasteiger partial charge in [0.25, 0.3) is 5.91 Å². The number of carboxylic acids is 1. The summed E-state index contributed by atoms with van der Waals surface area (Å²) in [5.41, 5.74) is 5.96. The molecular formula is C14H17N3O4. The highest BCUT2D eigenvalue weighted by molar-refractivity contribution is 5.95. The van der Waals surface area contributed by atoms with E-state index in [1.807, 2.05) is 0 Å². The molecule has 1 fully saturated rings. The van der Waals surface area contributed by atoms with E-state index in [2.05, 4.69) is 5.32 Å². The first-order valence-corrected chi connectivity index (χ1v) is 6.66. The summed E-state index contributed by atoms with van der Waals surface area (Å²) in [7, 11) is 0. The van der Waals surface area contributed by atoms with Crippen LogP contribution in [-0.4, -0.2) is 41.0 Å². The van der Waals surface area contributed by atoms with Crippen LogP contribution in [0.3, 0.4) is 0 Å². The van der Waals surface area contributed by atoms with Gasteiger partial charge >= 0.3 is 12.0 Å². The van der Waals surface area contributed by atoms with Crippen LogP contribution in [0.15, 0.2) is 24.3 Å². The summed E-state index contributed by atoms with van der Waals surface area (Å²) in [5.74, 6) is -1.57. The second-order valence-corrected chi connectivity index (χ2v) is 5.00. The first-order valence-electron chi connectivity index (χ1n) is 6.66. The minimum absolute atomic E-state index is 0.202. The molecule has 0 radical (unpaired) electrons. The fraction of sp³-hybridized carbons (Fsp3) is 0.357. The Bertz CT molecular complexity index is 556. The van der Waals surface area contributed by atoms with E-state index < -0.39 is 17.9 Å². The lowest BCUT2D eigenvalue weighted by Crippen LogP contribution is -2.42. The van der Waals surface area contributed by atoms with Crippen molar-refractivity contribution in [3.8, 4) is 0 Å². The number of aliphatic carboxylic acids is 1. The van der Waals surface area contributed by atoms with Gasteiger partial charge in [0.2, 0.25) is 0 Å². The van der Waals surface area contributed by atoms with E-state index in [9.17, 15) is 14.4 Å². The van der Waals surface area contributed by atoms with E-state index >= 15 is 0 Å². The quantitative estimate of drug-likeness (QED) is 0.774. The maximum absolute atomic E-state index is 12.3. The Labute approximate surface area is 121 Å². The van der Waals surface area contributed by atoms with E-state index in [1.165, 1.54) is 0 Å². The zero-order chi connectivity index (χ0) is 15.4. The van der Waals surface area contributed by atoms with Crippen LogP contribution in [0.4, 0.5) is 10.5 Å². The van der Waals surface area contributed by atoms with Crippen LogP contribution in [-0.2, 0) is 4.79 Å². The second-order valence-electron chi connectivity index (χ2n) is 5.00. The van der Waals surface area contributed by atoms with Gasteiger partial charge in [-0.05, 0) is 37.1 Å². The van der Waals surface area contributed by atoms with E-state index in [0.717, 1.165) is 0 Å². The number of anilines is 1. The minimum Gasteiger partial charge on any atom is -0.481 e. The van der Waals surface area contributed by atoms with Crippen LogP contribution < -0.4 is 11.1 Å². The number of nitrogens with zero attached hydrogens (tertiary/aromatic N) is 1. The fourth-order valence-electron chi connectivity index (χ4n) is 2.38. The number of urea groups is 1. The summed E-state index contributed by atoms with van der Waals surface area (Å²) in [4.78, 5) is 35.6. The zero-order valence-electron chi connectivity index (χ0n) is 11.4. The Morgan fingerprint density at radius 1 is 1.24 bits per heavy atom. The molecule has 3 amide bonds. The highest BCUT2D eigenvalue weighted by Gasteiger charge is 2.28. The molecule has 1 aromatic rings. The Morgan fingerprint density at radius 2 is 1.90 bits per heavy atom. The molecule has 0 bridgehead atoms. The molecule has 112 valence electrons. The van der Waals surface area contributed by atoms with Gasteiger partial charge in [-0.1, -0.05) is 0 Å². The molecule has 1 aliphatic heterocycles. The molecule has 1 unspecified atom stereocenters. The highest BCUT2D eigenvalue weighted by atomic mass is 16.4. The molecule has 0 aliphatic carbocycles. The molecule has 0 aromatic heterocycles. The predicted octanol–water partition coefficient (Wildman–Crippen LogP) is 1.11. The number of likely N-dealkylation sites (tertiary alicyclic amines) is 1. The standard InChI is InChI=1S/C14H17N3O4/c15-14(21)16-11-5-3-9(4-6-11)12(18)17-7-1-2-10(8-17)13(19)20/h3-6,10H,1-2,7-8H2,(H,19,20)(H3,15,16,21). The summed E-state index contributed by atoms with van der Waals surface area (Å²) in [6.07, 6.45) is 1.28. The molecule has 1 saturated heterocycles. The molecule has 0 saturated carbocycles. The van der Waals surface area contributed by atoms with Gasteiger partial charge in [-0.15, -0.1) is 0 Å². The highest BCUT2D eigenvalue weighted by Crippen LogP contribution is 2.19. The topological polar surface area (TPSA) is 113 Å². The van der Waals surface area contributed by atoms with Crippen LogP contribution in [0.25, 0.3) is 0 Å². The number of amides is 3. The average Bonchev–Trinajstić information content (AvgIpc) is 2.47. The number of rotatable bonds is 3. The van der Waals surface area contributed by atoms with Crippen molar-refractivity contribution in [3.05, 3.63) is 29.8 Å². The lowest BCUT2D eigenvalue weighted by atomic mass is 9.97. The van der Waals surface area contributed by atoms with Crippen LogP contribution >= 0.6 is 0 Å². The first kappa shape index (κ1) is 14.8. The van der Waals surface area contributed by atoms with Crippen molar-refractivity contribution in [3.63, 3.8) is 0 Å². The summed E-state index contributed by atoms with van der Waals surface area (Å²) in [6, 6.07) is 5.65. The number of primary amides is 1. The number of carboxylic acid groups (broad SMARTS) is 1. The molecule has 7 heteroatoms. The Hall–Kier alpha value is -2.57. The molecule has 7 nitrogen and oxygen atoms in total. The van der Waals surface area contributed by atoms with E-state index in [-0.39, 0.29) is 12.5 Å². The number of benzene rings is 1. The lowest BCUT2D eigenvalue weighted by Gasteiger charge is -2.30. The Morgan fingerprint density at radius 3 is 2.48 bits per heavy atom. The number of hydrogen-bond donors (Lipinski definition) is 3. The maximum atomic E-state index is 12.3. The van der Waals surface area contributed by atoms with E-state index in [0.29, 0.717) is 30.6 Å². The molecular weight excluding hydrogens is 274 g/mol. The van der Waals surface area contributed by atoms with Crippen LogP contribution in [0, 0.1) is 5.92 Å². The number of nitrogens with one attached hydrogen (secondary N) is 1. The van der Waals surface area contributed by atoms with Crippen molar-refractivity contribution in [2.24, 2.45) is 11.7 Å². The molecule has 1 aromatic carbocycles. The minimum atomic E-state index is -0.867. The van der Waals surface area contributed by atoms with Gasteiger partial charge in [0.15, 0.2) is 0 Å². The van der Waals surface area contributed by atoms with E-state index in [4.69, 9.17) is 10.8 Å². The maximum Gasteiger partial charge on any atom is 0.316 e. The summed E-state index contributed by atoms with van der Waals surface area (Å²) in [6.45, 7) is 0.791. The molecule has 21 heavy (non-hydrogen) atoms. The Kier molecular flexibility index (Phi) is 4.42. The molecule has 1 aliphatic rings. The molecule has 1 atom stereocenters. The van der Waals surface area contributed by atoms with Gasteiger partial charge in [-0.25, -0.2) is 4.79 Å². The molecule has 0 spiro atoms. The average molecular weight is 291 g/mol. The second kappa shape index (κ2) is 6.25. The SMILES string of the molecule is NC(=O)Nc1ccc(C(=O)N2CCCC(C(=O)O)C2)cc1. The van der Waals surface area contributed by atoms with Gasteiger partial charge in [-0.3, -0.25) is 9.59 Å². The van der Waals surface area contributed by atoms with Crippen molar-refractivity contribution in [1.29, 1.82) is 0 Å². The summed E-state index contributed by atoms with van der Waals surface area (Å²) >= 11 is 0. The normalized spacial score (nSPS) is 18.1. The lowest BCUT2D eigenvalue weighted by molar-refractivity contribution is -0.143. The van der Waals surface area contributed by atoms with Crippen molar-refractivity contribution < 1.29 is 19.5 Å². The molecule has 2 rings (SSSR count). The van der Waals surface area contributed by atoms with Crippen molar-refractivity contribution in [2.45, 2.75) is 12.8 Å².